The molecule has 0 fully saturated rings. The number of nitrogens with one attached hydrogen (secondary N) is 1. The number of carbonyl (C=O) groups is 1. The van der Waals surface area contributed by atoms with Crippen LogP contribution in [0.15, 0.2) is 53.6 Å². The molecule has 0 saturated heterocycles. The highest BCUT2D eigenvalue weighted by molar-refractivity contribution is 5.93. The predicted octanol–water partition coefficient (Wildman–Crippen LogP) is 1.84. The highest BCUT2D eigenvalue weighted by Gasteiger charge is 2.16. The van der Waals surface area contributed by atoms with Gasteiger partial charge in [-0.15, -0.1) is 0 Å². The second-order valence-corrected chi connectivity index (χ2v) is 5.48. The summed E-state index contributed by atoms with van der Waals surface area (Å²) in [7, 11) is 0. The molecular weight excluding hydrogens is 324 g/mol. The van der Waals surface area contributed by atoms with Gasteiger partial charge < -0.3 is 5.32 Å². The van der Waals surface area contributed by atoms with Gasteiger partial charge in [0.15, 0.2) is 0 Å². The Bertz CT molecular complexity index is 1040. The third-order valence-electron chi connectivity index (χ3n) is 3.72. The Morgan fingerprint density at radius 1 is 1.28 bits per heavy atom. The molecule has 0 spiro atoms. The van der Waals surface area contributed by atoms with E-state index in [1.54, 1.807) is 30.5 Å². The molecule has 1 aromatic carbocycles. The minimum absolute atomic E-state index is 0.0635. The molecule has 0 radical (unpaired) electrons. The highest BCUT2D eigenvalue weighted by atomic mass is 16.6. The van der Waals surface area contributed by atoms with Crippen molar-refractivity contribution in [1.29, 1.82) is 0 Å². The second-order valence-electron chi connectivity index (χ2n) is 5.48. The number of nitro benzene ring substituents is 1. The molecule has 0 atom stereocenters. The van der Waals surface area contributed by atoms with E-state index in [4.69, 9.17) is 0 Å². The summed E-state index contributed by atoms with van der Waals surface area (Å²) >= 11 is 0. The Balaban J connectivity index is 1.87. The molecule has 0 unspecified atom stereocenters. The number of nitrogens with zero attached hydrogens (tertiary/aromatic N) is 3. The minimum Gasteiger partial charge on any atom is -0.347 e. The lowest BCUT2D eigenvalue weighted by molar-refractivity contribution is -0.385. The number of fused-ring (bicyclic) bond motifs is 1. The largest absolute Gasteiger partial charge is 0.347 e. The Morgan fingerprint density at radius 2 is 2.04 bits per heavy atom. The normalized spacial score (nSPS) is 10.6. The van der Waals surface area contributed by atoms with Gasteiger partial charge in [-0.2, -0.15) is 0 Å². The Kier molecular flexibility index (Phi) is 4.25. The van der Waals surface area contributed by atoms with E-state index in [0.717, 1.165) is 5.56 Å². The van der Waals surface area contributed by atoms with E-state index in [2.05, 4.69) is 10.3 Å². The number of hydrogen-bond acceptors (Lipinski definition) is 5. The zero-order valence-electron chi connectivity index (χ0n) is 13.3. The molecule has 8 nitrogen and oxygen atoms in total. The van der Waals surface area contributed by atoms with Crippen LogP contribution in [0.2, 0.25) is 0 Å². The van der Waals surface area contributed by atoms with Crippen molar-refractivity contribution in [3.8, 4) is 0 Å². The number of benzene rings is 1. The van der Waals surface area contributed by atoms with E-state index in [-0.39, 0.29) is 17.8 Å². The molecule has 0 bridgehead atoms. The summed E-state index contributed by atoms with van der Waals surface area (Å²) in [5, 5.41) is 13.5. The fourth-order valence-electron chi connectivity index (χ4n) is 2.45. The van der Waals surface area contributed by atoms with Gasteiger partial charge >= 0.3 is 0 Å². The molecule has 2 aromatic heterocycles. The van der Waals surface area contributed by atoms with Crippen molar-refractivity contribution in [2.75, 3.05) is 0 Å². The van der Waals surface area contributed by atoms with Crippen LogP contribution in [0, 0.1) is 17.0 Å². The molecule has 1 amide bonds. The van der Waals surface area contributed by atoms with Gasteiger partial charge in [-0.3, -0.25) is 24.1 Å². The zero-order valence-corrected chi connectivity index (χ0v) is 13.3. The molecule has 0 aliphatic carbocycles. The number of pyridine rings is 1. The average molecular weight is 338 g/mol. The monoisotopic (exact) mass is 338 g/mol. The van der Waals surface area contributed by atoms with Crippen LogP contribution in [0.4, 0.5) is 5.69 Å². The van der Waals surface area contributed by atoms with Crippen molar-refractivity contribution in [2.45, 2.75) is 13.5 Å². The fraction of sp³-hybridized carbons (Fsp3) is 0.118. The third kappa shape index (κ3) is 3.23. The molecule has 126 valence electrons. The summed E-state index contributed by atoms with van der Waals surface area (Å²) in [6.07, 6.45) is 2.81. The summed E-state index contributed by atoms with van der Waals surface area (Å²) in [6, 6.07) is 9.60. The Labute approximate surface area is 141 Å². The lowest BCUT2D eigenvalue weighted by atomic mass is 10.2. The van der Waals surface area contributed by atoms with Crippen LogP contribution in [0.25, 0.3) is 5.65 Å². The molecule has 3 aromatic rings. The first-order valence-electron chi connectivity index (χ1n) is 7.46. The number of nitro groups is 1. The second kappa shape index (κ2) is 6.52. The van der Waals surface area contributed by atoms with Gasteiger partial charge in [-0.25, -0.2) is 4.98 Å². The van der Waals surface area contributed by atoms with Crippen LogP contribution >= 0.6 is 0 Å². The SMILES string of the molecule is Cc1ccc2ncc(C(=O)NCc3ccccc3[N+](=O)[O-])c(=O)n2c1. The first kappa shape index (κ1) is 16.3. The first-order valence-corrected chi connectivity index (χ1v) is 7.46. The molecular formula is C17H14N4O4. The van der Waals surface area contributed by atoms with Gasteiger partial charge in [0, 0.05) is 30.6 Å². The Hall–Kier alpha value is -3.55. The number of amides is 1. The van der Waals surface area contributed by atoms with Crippen LogP contribution in [0.1, 0.15) is 21.5 Å². The third-order valence-corrected chi connectivity index (χ3v) is 3.72. The van der Waals surface area contributed by atoms with Gasteiger partial charge in [0.2, 0.25) is 0 Å². The zero-order chi connectivity index (χ0) is 18.0. The molecule has 1 N–H and O–H groups in total. The molecule has 0 saturated carbocycles. The summed E-state index contributed by atoms with van der Waals surface area (Å²) in [5.41, 5.74) is 0.937. The van der Waals surface area contributed by atoms with Crippen molar-refractivity contribution >= 4 is 17.2 Å². The Morgan fingerprint density at radius 3 is 2.80 bits per heavy atom. The molecule has 3 rings (SSSR count). The standard InChI is InChI=1S/C17H14N4O4/c1-11-6-7-15-18-9-13(17(23)20(15)10-11)16(22)19-8-12-4-2-3-5-14(12)21(24)25/h2-7,9-10H,8H2,1H3,(H,19,22). The first-order chi connectivity index (χ1) is 12.0. The van der Waals surface area contributed by atoms with Gasteiger partial charge in [0.05, 0.1) is 4.92 Å². The lowest BCUT2D eigenvalue weighted by Gasteiger charge is -2.07. The number of hydrogen-bond donors (Lipinski definition) is 1. The maximum absolute atomic E-state index is 12.5. The maximum Gasteiger partial charge on any atom is 0.274 e. The van der Waals surface area contributed by atoms with E-state index in [1.165, 1.54) is 16.7 Å². The van der Waals surface area contributed by atoms with Gasteiger partial charge in [0.25, 0.3) is 17.2 Å². The van der Waals surface area contributed by atoms with Crippen LogP contribution in [0.3, 0.4) is 0 Å². The van der Waals surface area contributed by atoms with Gasteiger partial charge in [0.1, 0.15) is 11.2 Å². The quantitative estimate of drug-likeness (QED) is 0.577. The maximum atomic E-state index is 12.5. The lowest BCUT2D eigenvalue weighted by Crippen LogP contribution is -2.31. The van der Waals surface area contributed by atoms with Crippen LogP contribution < -0.4 is 10.9 Å². The number of carbonyl (C=O) groups excluding carboxylic acids is 1. The van der Waals surface area contributed by atoms with Crippen molar-refractivity contribution < 1.29 is 9.72 Å². The van der Waals surface area contributed by atoms with Crippen molar-refractivity contribution in [3.63, 3.8) is 0 Å². The summed E-state index contributed by atoms with van der Waals surface area (Å²) < 4.78 is 1.30. The summed E-state index contributed by atoms with van der Waals surface area (Å²) in [6.45, 7) is 1.76. The average Bonchev–Trinajstić information content (AvgIpc) is 2.60. The predicted molar refractivity (Wildman–Crippen MR) is 90.5 cm³/mol. The summed E-state index contributed by atoms with van der Waals surface area (Å²) in [4.78, 5) is 39.4. The van der Waals surface area contributed by atoms with E-state index in [0.29, 0.717) is 11.2 Å². The van der Waals surface area contributed by atoms with E-state index >= 15 is 0 Å². The number of aryl methyl sites for hydroxylation is 1. The number of para-hydroxylation sites is 1. The van der Waals surface area contributed by atoms with Crippen LogP contribution in [0.5, 0.6) is 0 Å². The van der Waals surface area contributed by atoms with Crippen molar-refractivity contribution in [3.05, 3.63) is 86.0 Å². The van der Waals surface area contributed by atoms with Crippen LogP contribution in [-0.2, 0) is 6.54 Å². The van der Waals surface area contributed by atoms with E-state index in [9.17, 15) is 19.7 Å². The van der Waals surface area contributed by atoms with E-state index < -0.39 is 16.4 Å². The summed E-state index contributed by atoms with van der Waals surface area (Å²) in [5.74, 6) is -0.633. The van der Waals surface area contributed by atoms with Crippen LogP contribution in [-0.4, -0.2) is 20.2 Å². The smallest absolute Gasteiger partial charge is 0.274 e. The van der Waals surface area contributed by atoms with Gasteiger partial charge in [-0.1, -0.05) is 24.3 Å². The molecule has 0 aliphatic heterocycles. The van der Waals surface area contributed by atoms with E-state index in [1.807, 2.05) is 13.0 Å². The highest BCUT2D eigenvalue weighted by Crippen LogP contribution is 2.17. The van der Waals surface area contributed by atoms with Crippen molar-refractivity contribution in [1.82, 2.24) is 14.7 Å². The fourth-order valence-corrected chi connectivity index (χ4v) is 2.45. The number of aromatic nitrogens is 2. The number of rotatable bonds is 4. The molecule has 0 aliphatic rings. The topological polar surface area (TPSA) is 107 Å². The molecule has 2 heterocycles. The van der Waals surface area contributed by atoms with Crippen molar-refractivity contribution in [2.24, 2.45) is 0 Å². The molecule has 8 heteroatoms. The van der Waals surface area contributed by atoms with Gasteiger partial charge in [-0.05, 0) is 18.6 Å². The minimum atomic E-state index is -0.633. The molecule has 25 heavy (non-hydrogen) atoms.